The molecule has 0 spiro atoms. The van der Waals surface area contributed by atoms with E-state index in [0.717, 1.165) is 25.9 Å². The van der Waals surface area contributed by atoms with Gasteiger partial charge in [0.15, 0.2) is 0 Å². The molecule has 3 atom stereocenters. The summed E-state index contributed by atoms with van der Waals surface area (Å²) in [6.07, 6.45) is 2.14. The number of likely N-dealkylation sites (tertiary alicyclic amines) is 1. The molecular formula is C12H25NO2. The Morgan fingerprint density at radius 1 is 1.40 bits per heavy atom. The summed E-state index contributed by atoms with van der Waals surface area (Å²) in [7, 11) is 0. The van der Waals surface area contributed by atoms with Crippen LogP contribution in [0.2, 0.25) is 0 Å². The minimum absolute atomic E-state index is 0.0164. The molecule has 0 aromatic rings. The summed E-state index contributed by atoms with van der Waals surface area (Å²) in [6.45, 7) is 8.85. The third-order valence-electron chi connectivity index (χ3n) is 4.00. The zero-order valence-corrected chi connectivity index (χ0v) is 10.2. The van der Waals surface area contributed by atoms with Crippen molar-refractivity contribution >= 4 is 0 Å². The molecule has 1 fully saturated rings. The van der Waals surface area contributed by atoms with Crippen molar-refractivity contribution in [2.75, 3.05) is 26.3 Å². The Morgan fingerprint density at radius 2 is 2.07 bits per heavy atom. The van der Waals surface area contributed by atoms with Crippen molar-refractivity contribution in [1.82, 2.24) is 4.90 Å². The maximum atomic E-state index is 9.38. The summed E-state index contributed by atoms with van der Waals surface area (Å²) in [6, 6.07) is 0.294. The molecule has 1 heterocycles. The molecule has 1 aliphatic rings. The van der Waals surface area contributed by atoms with E-state index >= 15 is 0 Å². The van der Waals surface area contributed by atoms with Crippen LogP contribution in [0.5, 0.6) is 0 Å². The van der Waals surface area contributed by atoms with Crippen molar-refractivity contribution in [3.05, 3.63) is 0 Å². The van der Waals surface area contributed by atoms with E-state index in [4.69, 9.17) is 0 Å². The van der Waals surface area contributed by atoms with E-state index in [1.165, 1.54) is 0 Å². The summed E-state index contributed by atoms with van der Waals surface area (Å²) in [5, 5.41) is 18.7. The normalized spacial score (nSPS) is 31.8. The van der Waals surface area contributed by atoms with Crippen LogP contribution in [-0.2, 0) is 0 Å². The van der Waals surface area contributed by atoms with Crippen molar-refractivity contribution in [3.63, 3.8) is 0 Å². The third kappa shape index (κ3) is 2.92. The molecule has 3 heteroatoms. The molecule has 1 saturated heterocycles. The van der Waals surface area contributed by atoms with Crippen LogP contribution in [0.25, 0.3) is 0 Å². The smallest absolute Gasteiger partial charge is 0.0589 e. The van der Waals surface area contributed by atoms with Gasteiger partial charge in [0.05, 0.1) is 6.61 Å². The molecule has 0 saturated carbocycles. The van der Waals surface area contributed by atoms with E-state index in [-0.39, 0.29) is 18.6 Å². The summed E-state index contributed by atoms with van der Waals surface area (Å²) < 4.78 is 0. The topological polar surface area (TPSA) is 43.7 Å². The van der Waals surface area contributed by atoms with Gasteiger partial charge in [0.25, 0.3) is 0 Å². The SMILES string of the molecule is CCC(C)(CO)CN1CCC(C)C1CO. The Hall–Kier alpha value is -0.120. The molecule has 0 amide bonds. The average Bonchev–Trinajstić information content (AvgIpc) is 2.59. The number of nitrogens with zero attached hydrogens (tertiary/aromatic N) is 1. The average molecular weight is 215 g/mol. The first-order chi connectivity index (χ1) is 7.06. The second kappa shape index (κ2) is 5.28. The van der Waals surface area contributed by atoms with E-state index in [0.29, 0.717) is 12.0 Å². The first kappa shape index (κ1) is 12.9. The van der Waals surface area contributed by atoms with Crippen molar-refractivity contribution < 1.29 is 10.2 Å². The minimum atomic E-state index is -0.0164. The Labute approximate surface area is 93.1 Å². The lowest BCUT2D eigenvalue weighted by atomic mass is 9.87. The van der Waals surface area contributed by atoms with E-state index in [2.05, 4.69) is 25.7 Å². The number of hydrogen-bond acceptors (Lipinski definition) is 3. The van der Waals surface area contributed by atoms with Gasteiger partial charge in [0.1, 0.15) is 0 Å². The second-order valence-corrected chi connectivity index (χ2v) is 5.31. The van der Waals surface area contributed by atoms with Gasteiger partial charge in [-0.2, -0.15) is 0 Å². The maximum Gasteiger partial charge on any atom is 0.0589 e. The van der Waals surface area contributed by atoms with Crippen molar-refractivity contribution in [1.29, 1.82) is 0 Å². The molecule has 2 N–H and O–H groups in total. The largest absolute Gasteiger partial charge is 0.396 e. The van der Waals surface area contributed by atoms with Crippen LogP contribution in [0.3, 0.4) is 0 Å². The fraction of sp³-hybridized carbons (Fsp3) is 1.00. The van der Waals surface area contributed by atoms with Crippen LogP contribution in [0.1, 0.15) is 33.6 Å². The molecule has 3 nitrogen and oxygen atoms in total. The minimum Gasteiger partial charge on any atom is -0.396 e. The van der Waals surface area contributed by atoms with Gasteiger partial charge in [-0.3, -0.25) is 4.90 Å². The zero-order valence-electron chi connectivity index (χ0n) is 10.2. The number of aliphatic hydroxyl groups is 2. The highest BCUT2D eigenvalue weighted by atomic mass is 16.3. The zero-order chi connectivity index (χ0) is 11.5. The number of hydrogen-bond donors (Lipinski definition) is 2. The van der Waals surface area contributed by atoms with Gasteiger partial charge in [-0.1, -0.05) is 20.8 Å². The summed E-state index contributed by atoms with van der Waals surface area (Å²) >= 11 is 0. The van der Waals surface area contributed by atoms with Crippen LogP contribution in [0.15, 0.2) is 0 Å². The van der Waals surface area contributed by atoms with E-state index in [1.807, 2.05) is 0 Å². The molecule has 3 unspecified atom stereocenters. The first-order valence-electron chi connectivity index (χ1n) is 6.02. The molecule has 1 aliphatic heterocycles. The number of aliphatic hydroxyl groups excluding tert-OH is 2. The molecule has 0 bridgehead atoms. The van der Waals surface area contributed by atoms with Crippen molar-refractivity contribution in [2.24, 2.45) is 11.3 Å². The molecule has 1 rings (SSSR count). The van der Waals surface area contributed by atoms with Gasteiger partial charge in [0, 0.05) is 24.6 Å². The van der Waals surface area contributed by atoms with E-state index in [1.54, 1.807) is 0 Å². The van der Waals surface area contributed by atoms with Gasteiger partial charge in [0.2, 0.25) is 0 Å². The second-order valence-electron chi connectivity index (χ2n) is 5.31. The molecule has 0 aromatic heterocycles. The van der Waals surface area contributed by atoms with Crippen molar-refractivity contribution in [2.45, 2.75) is 39.7 Å². The van der Waals surface area contributed by atoms with Gasteiger partial charge >= 0.3 is 0 Å². The fourth-order valence-corrected chi connectivity index (χ4v) is 2.34. The molecule has 15 heavy (non-hydrogen) atoms. The fourth-order valence-electron chi connectivity index (χ4n) is 2.34. The predicted octanol–water partition coefficient (Wildman–Crippen LogP) is 1.10. The standard InChI is InChI=1S/C12H25NO2/c1-4-12(3,9-15)8-13-6-5-10(2)11(13)7-14/h10-11,14-15H,4-9H2,1-3H3. The van der Waals surface area contributed by atoms with Gasteiger partial charge in [-0.25, -0.2) is 0 Å². The maximum absolute atomic E-state index is 9.38. The van der Waals surface area contributed by atoms with Gasteiger partial charge < -0.3 is 10.2 Å². The molecule has 0 aliphatic carbocycles. The monoisotopic (exact) mass is 215 g/mol. The summed E-state index contributed by atoms with van der Waals surface area (Å²) in [5.41, 5.74) is -0.0164. The lowest BCUT2D eigenvalue weighted by molar-refractivity contribution is 0.0568. The molecule has 90 valence electrons. The highest BCUT2D eigenvalue weighted by molar-refractivity contribution is 4.88. The predicted molar refractivity (Wildman–Crippen MR) is 61.7 cm³/mol. The van der Waals surface area contributed by atoms with Gasteiger partial charge in [-0.05, 0) is 25.3 Å². The lowest BCUT2D eigenvalue weighted by Crippen LogP contribution is -2.43. The van der Waals surface area contributed by atoms with E-state index < -0.39 is 0 Å². The molecule has 0 radical (unpaired) electrons. The number of rotatable bonds is 5. The van der Waals surface area contributed by atoms with Crippen LogP contribution >= 0.6 is 0 Å². The highest BCUT2D eigenvalue weighted by Gasteiger charge is 2.34. The van der Waals surface area contributed by atoms with Crippen LogP contribution in [-0.4, -0.2) is 47.5 Å². The van der Waals surface area contributed by atoms with Gasteiger partial charge in [-0.15, -0.1) is 0 Å². The van der Waals surface area contributed by atoms with E-state index in [9.17, 15) is 10.2 Å². The summed E-state index contributed by atoms with van der Waals surface area (Å²) in [4.78, 5) is 2.34. The Bertz CT molecular complexity index is 192. The molecular weight excluding hydrogens is 190 g/mol. The van der Waals surface area contributed by atoms with Crippen LogP contribution < -0.4 is 0 Å². The van der Waals surface area contributed by atoms with Crippen LogP contribution in [0, 0.1) is 11.3 Å². The summed E-state index contributed by atoms with van der Waals surface area (Å²) in [5.74, 6) is 0.579. The van der Waals surface area contributed by atoms with Crippen molar-refractivity contribution in [3.8, 4) is 0 Å². The first-order valence-corrected chi connectivity index (χ1v) is 6.02. The Morgan fingerprint density at radius 3 is 2.53 bits per heavy atom. The Kier molecular flexibility index (Phi) is 4.56. The quantitative estimate of drug-likeness (QED) is 0.722. The highest BCUT2D eigenvalue weighted by Crippen LogP contribution is 2.29. The lowest BCUT2D eigenvalue weighted by Gasteiger charge is -2.34. The molecule has 0 aromatic carbocycles. The Balaban J connectivity index is 2.57. The third-order valence-corrected chi connectivity index (χ3v) is 4.00. The van der Waals surface area contributed by atoms with Crippen LogP contribution in [0.4, 0.5) is 0 Å².